The van der Waals surface area contributed by atoms with Crippen molar-refractivity contribution in [2.45, 2.75) is 32.6 Å². The standard InChI is InChI=1S/C12H15BrN2O2/c1-8-3-2-4-9(7-8)14-15-12(16)10-5-6-11(13)17-10/h5-6,8H,2-4,7H2,1H3,(H,15,16)/t8-/m1/s1. The number of hydrogen-bond acceptors (Lipinski definition) is 3. The second kappa shape index (κ2) is 5.49. The molecule has 17 heavy (non-hydrogen) atoms. The fourth-order valence-corrected chi connectivity index (χ4v) is 2.29. The maximum absolute atomic E-state index is 11.6. The number of rotatable bonds is 2. The van der Waals surface area contributed by atoms with Gasteiger partial charge in [-0.05, 0) is 59.7 Å². The monoisotopic (exact) mass is 298 g/mol. The first-order chi connectivity index (χ1) is 8.15. The molecule has 0 aliphatic heterocycles. The fraction of sp³-hybridized carbons (Fsp3) is 0.500. The Morgan fingerprint density at radius 3 is 3.06 bits per heavy atom. The van der Waals surface area contributed by atoms with Crippen LogP contribution in [0.4, 0.5) is 0 Å². The molecule has 0 aromatic carbocycles. The van der Waals surface area contributed by atoms with Crippen LogP contribution in [0, 0.1) is 5.92 Å². The minimum Gasteiger partial charge on any atom is -0.444 e. The first-order valence-electron chi connectivity index (χ1n) is 5.76. The Morgan fingerprint density at radius 2 is 2.41 bits per heavy atom. The van der Waals surface area contributed by atoms with Crippen LogP contribution in [-0.2, 0) is 0 Å². The molecular formula is C12H15BrN2O2. The van der Waals surface area contributed by atoms with Gasteiger partial charge in [0.25, 0.3) is 0 Å². The van der Waals surface area contributed by atoms with Crippen LogP contribution in [0.2, 0.25) is 0 Å². The molecule has 0 spiro atoms. The molecule has 2 rings (SSSR count). The number of carbonyl (C=O) groups excluding carboxylic acids is 1. The van der Waals surface area contributed by atoms with Crippen LogP contribution < -0.4 is 5.43 Å². The van der Waals surface area contributed by atoms with E-state index in [-0.39, 0.29) is 11.7 Å². The van der Waals surface area contributed by atoms with E-state index in [0.717, 1.165) is 25.0 Å². The minimum atomic E-state index is -0.304. The zero-order chi connectivity index (χ0) is 12.3. The van der Waals surface area contributed by atoms with E-state index in [4.69, 9.17) is 4.42 Å². The van der Waals surface area contributed by atoms with Crippen LogP contribution in [0.15, 0.2) is 26.3 Å². The highest BCUT2D eigenvalue weighted by atomic mass is 79.9. The lowest BCUT2D eigenvalue weighted by molar-refractivity contribution is 0.0925. The number of carbonyl (C=O) groups is 1. The molecule has 0 unspecified atom stereocenters. The van der Waals surface area contributed by atoms with Crippen molar-refractivity contribution in [3.05, 3.63) is 22.6 Å². The molecule has 1 aliphatic rings. The fourth-order valence-electron chi connectivity index (χ4n) is 1.98. The predicted octanol–water partition coefficient (Wildman–Crippen LogP) is 3.34. The Bertz CT molecular complexity index is 439. The molecule has 1 aromatic heterocycles. The lowest BCUT2D eigenvalue weighted by atomic mass is 9.89. The number of amides is 1. The van der Waals surface area contributed by atoms with E-state index in [1.807, 2.05) is 0 Å². The molecule has 0 saturated heterocycles. The SMILES string of the molecule is C[C@@H]1CCCC(=NNC(=O)c2ccc(Br)o2)C1. The third-order valence-corrected chi connectivity index (χ3v) is 3.29. The average molecular weight is 299 g/mol. The Morgan fingerprint density at radius 1 is 1.59 bits per heavy atom. The second-order valence-corrected chi connectivity index (χ2v) is 5.21. The molecule has 92 valence electrons. The number of hydrogen-bond donors (Lipinski definition) is 1. The summed E-state index contributed by atoms with van der Waals surface area (Å²) in [6.45, 7) is 2.21. The van der Waals surface area contributed by atoms with Crippen molar-refractivity contribution in [1.82, 2.24) is 5.43 Å². The lowest BCUT2D eigenvalue weighted by Gasteiger charge is -2.18. The average Bonchev–Trinajstić information content (AvgIpc) is 2.73. The Labute approximate surface area is 109 Å². The molecule has 1 heterocycles. The van der Waals surface area contributed by atoms with Crippen LogP contribution in [0.3, 0.4) is 0 Å². The van der Waals surface area contributed by atoms with E-state index in [2.05, 4.69) is 33.4 Å². The number of hydrazone groups is 1. The van der Waals surface area contributed by atoms with Gasteiger partial charge in [0.15, 0.2) is 10.4 Å². The van der Waals surface area contributed by atoms with Crippen molar-refractivity contribution in [3.8, 4) is 0 Å². The molecule has 0 bridgehead atoms. The quantitative estimate of drug-likeness (QED) is 0.852. The highest BCUT2D eigenvalue weighted by Gasteiger charge is 2.15. The van der Waals surface area contributed by atoms with E-state index >= 15 is 0 Å². The lowest BCUT2D eigenvalue weighted by Crippen LogP contribution is -2.21. The van der Waals surface area contributed by atoms with Crippen molar-refractivity contribution in [2.24, 2.45) is 11.0 Å². The van der Waals surface area contributed by atoms with E-state index < -0.39 is 0 Å². The first-order valence-corrected chi connectivity index (χ1v) is 6.55. The van der Waals surface area contributed by atoms with Gasteiger partial charge in [-0.15, -0.1) is 0 Å². The largest absolute Gasteiger partial charge is 0.444 e. The summed E-state index contributed by atoms with van der Waals surface area (Å²) in [6.07, 6.45) is 4.36. The highest BCUT2D eigenvalue weighted by molar-refractivity contribution is 9.10. The van der Waals surface area contributed by atoms with Crippen molar-refractivity contribution in [2.75, 3.05) is 0 Å². The topological polar surface area (TPSA) is 54.6 Å². The molecule has 1 aromatic rings. The van der Waals surface area contributed by atoms with E-state index in [1.54, 1.807) is 12.1 Å². The maximum atomic E-state index is 11.6. The van der Waals surface area contributed by atoms with Crippen LogP contribution >= 0.6 is 15.9 Å². The molecule has 1 atom stereocenters. The van der Waals surface area contributed by atoms with Crippen molar-refractivity contribution < 1.29 is 9.21 Å². The summed E-state index contributed by atoms with van der Waals surface area (Å²) in [5.41, 5.74) is 3.61. The maximum Gasteiger partial charge on any atom is 0.307 e. The molecule has 5 heteroatoms. The van der Waals surface area contributed by atoms with Crippen molar-refractivity contribution >= 4 is 27.5 Å². The predicted molar refractivity (Wildman–Crippen MR) is 68.9 cm³/mol. The van der Waals surface area contributed by atoms with Crippen LogP contribution in [0.1, 0.15) is 43.2 Å². The van der Waals surface area contributed by atoms with Gasteiger partial charge < -0.3 is 4.42 Å². The summed E-state index contributed by atoms with van der Waals surface area (Å²) in [4.78, 5) is 11.6. The smallest absolute Gasteiger partial charge is 0.307 e. The number of halogens is 1. The molecule has 1 fully saturated rings. The van der Waals surface area contributed by atoms with Crippen molar-refractivity contribution in [1.29, 1.82) is 0 Å². The summed E-state index contributed by atoms with van der Waals surface area (Å²) in [5.74, 6) is 0.628. The zero-order valence-electron chi connectivity index (χ0n) is 9.70. The van der Waals surface area contributed by atoms with E-state index in [0.29, 0.717) is 10.6 Å². The molecule has 1 amide bonds. The highest BCUT2D eigenvalue weighted by Crippen LogP contribution is 2.21. The number of furan rings is 1. The van der Waals surface area contributed by atoms with Crippen molar-refractivity contribution in [3.63, 3.8) is 0 Å². The minimum absolute atomic E-state index is 0.269. The third kappa shape index (κ3) is 3.43. The Kier molecular flexibility index (Phi) is 3.99. The van der Waals surface area contributed by atoms with Crippen LogP contribution in [0.5, 0.6) is 0 Å². The third-order valence-electron chi connectivity index (χ3n) is 2.86. The van der Waals surface area contributed by atoms with Gasteiger partial charge in [0.1, 0.15) is 0 Å². The number of nitrogens with zero attached hydrogens (tertiary/aromatic N) is 1. The van der Waals surface area contributed by atoms with E-state index in [9.17, 15) is 4.79 Å². The number of nitrogens with one attached hydrogen (secondary N) is 1. The molecule has 1 saturated carbocycles. The summed E-state index contributed by atoms with van der Waals surface area (Å²) in [5, 5.41) is 4.16. The van der Waals surface area contributed by atoms with Gasteiger partial charge in [0.2, 0.25) is 0 Å². The normalized spacial score (nSPS) is 22.7. The zero-order valence-corrected chi connectivity index (χ0v) is 11.3. The summed E-state index contributed by atoms with van der Waals surface area (Å²) in [6, 6.07) is 3.30. The Balaban J connectivity index is 1.93. The second-order valence-electron chi connectivity index (χ2n) is 4.42. The molecule has 0 radical (unpaired) electrons. The first kappa shape index (κ1) is 12.4. The van der Waals surface area contributed by atoms with Crippen LogP contribution in [0.25, 0.3) is 0 Å². The van der Waals surface area contributed by atoms with Gasteiger partial charge in [-0.2, -0.15) is 5.10 Å². The van der Waals surface area contributed by atoms with Gasteiger partial charge in [-0.1, -0.05) is 6.92 Å². The molecule has 1 aliphatic carbocycles. The molecule has 1 N–H and O–H groups in total. The summed E-state index contributed by atoms with van der Waals surface area (Å²) in [7, 11) is 0. The van der Waals surface area contributed by atoms with Gasteiger partial charge in [0, 0.05) is 5.71 Å². The summed E-state index contributed by atoms with van der Waals surface area (Å²) >= 11 is 3.15. The van der Waals surface area contributed by atoms with E-state index in [1.165, 1.54) is 6.42 Å². The van der Waals surface area contributed by atoms with Gasteiger partial charge in [-0.3, -0.25) is 4.79 Å². The molecule has 4 nitrogen and oxygen atoms in total. The van der Waals surface area contributed by atoms with Gasteiger partial charge >= 0.3 is 5.91 Å². The van der Waals surface area contributed by atoms with Gasteiger partial charge in [-0.25, -0.2) is 5.43 Å². The Hall–Kier alpha value is -1.10. The summed E-state index contributed by atoms with van der Waals surface area (Å²) < 4.78 is 5.68. The molecular weight excluding hydrogens is 284 g/mol. The van der Waals surface area contributed by atoms with Gasteiger partial charge in [0.05, 0.1) is 0 Å². The van der Waals surface area contributed by atoms with Crippen LogP contribution in [-0.4, -0.2) is 11.6 Å².